The number of hydrogen-bond acceptors (Lipinski definition) is 0. The fourth-order valence-corrected chi connectivity index (χ4v) is 1.39. The molecule has 54 valence electrons. The Morgan fingerprint density at radius 3 is 2.27 bits per heavy atom. The van der Waals surface area contributed by atoms with Gasteiger partial charge in [-0.3, -0.25) is 0 Å². The summed E-state index contributed by atoms with van der Waals surface area (Å²) in [5.41, 5.74) is 5.46. The minimum atomic E-state index is 1.28. The molecule has 0 aliphatic heterocycles. The summed E-state index contributed by atoms with van der Waals surface area (Å²) >= 11 is 0. The van der Waals surface area contributed by atoms with Crippen LogP contribution >= 0.6 is 0 Å². The first-order chi connectivity index (χ1) is 5.34. The molecule has 0 heteroatoms. The van der Waals surface area contributed by atoms with E-state index in [1.807, 2.05) is 6.08 Å². The van der Waals surface area contributed by atoms with Crippen LogP contribution in [0.3, 0.4) is 0 Å². The predicted octanol–water partition coefficient (Wildman–Crippen LogP) is 3.01. The van der Waals surface area contributed by atoms with Crippen LogP contribution in [0.25, 0.3) is 5.57 Å². The normalized spacial score (nSPS) is 12.3. The fourth-order valence-electron chi connectivity index (χ4n) is 1.39. The van der Waals surface area contributed by atoms with Gasteiger partial charge in [-0.05, 0) is 29.2 Å². The first-order valence-corrected chi connectivity index (χ1v) is 3.77. The molecule has 0 amide bonds. The first kappa shape index (κ1) is 6.41. The van der Waals surface area contributed by atoms with Crippen molar-refractivity contribution >= 4 is 5.57 Å². The van der Waals surface area contributed by atoms with E-state index in [-0.39, 0.29) is 0 Å². The Hall–Kier alpha value is -1.30. The Labute approximate surface area is 66.9 Å². The zero-order chi connectivity index (χ0) is 7.84. The zero-order valence-electron chi connectivity index (χ0n) is 6.59. The molecule has 0 radical (unpaired) electrons. The fraction of sp³-hybridized carbons (Fsp3) is 0.0909. The average molecular weight is 142 g/mol. The quantitative estimate of drug-likeness (QED) is 0.574. The van der Waals surface area contributed by atoms with Gasteiger partial charge in [0.15, 0.2) is 0 Å². The molecule has 1 aliphatic rings. The lowest BCUT2D eigenvalue weighted by molar-refractivity contribution is 1.57. The number of benzene rings is 1. The Morgan fingerprint density at radius 2 is 1.82 bits per heavy atom. The third-order valence-electron chi connectivity index (χ3n) is 2.10. The highest BCUT2D eigenvalue weighted by molar-refractivity contribution is 6.02. The maximum absolute atomic E-state index is 3.75. The molecule has 1 aromatic rings. The second-order valence-corrected chi connectivity index (χ2v) is 2.81. The minimum Gasteiger partial charge on any atom is -0.0988 e. The zero-order valence-corrected chi connectivity index (χ0v) is 6.59. The molecule has 11 heavy (non-hydrogen) atoms. The summed E-state index contributed by atoms with van der Waals surface area (Å²) in [5.74, 6) is 0. The van der Waals surface area contributed by atoms with Crippen LogP contribution in [0.2, 0.25) is 0 Å². The van der Waals surface area contributed by atoms with Gasteiger partial charge in [0.05, 0.1) is 0 Å². The van der Waals surface area contributed by atoms with Crippen molar-refractivity contribution in [1.82, 2.24) is 0 Å². The van der Waals surface area contributed by atoms with Crippen LogP contribution in [0.5, 0.6) is 0 Å². The van der Waals surface area contributed by atoms with E-state index in [1.54, 1.807) is 0 Å². The van der Waals surface area contributed by atoms with Crippen molar-refractivity contribution in [1.29, 1.82) is 0 Å². The van der Waals surface area contributed by atoms with E-state index in [4.69, 9.17) is 0 Å². The highest BCUT2D eigenvalue weighted by atomic mass is 14.3. The molecular weight excluding hydrogens is 132 g/mol. The molecule has 0 spiro atoms. The molecule has 0 heterocycles. The van der Waals surface area contributed by atoms with Crippen LogP contribution in [0.4, 0.5) is 0 Å². The molecule has 1 aromatic carbocycles. The third-order valence-corrected chi connectivity index (χ3v) is 2.10. The summed E-state index contributed by atoms with van der Waals surface area (Å²) in [7, 11) is 0. The summed E-state index contributed by atoms with van der Waals surface area (Å²) in [4.78, 5) is 0. The van der Waals surface area contributed by atoms with E-state index in [0.29, 0.717) is 0 Å². The van der Waals surface area contributed by atoms with Crippen molar-refractivity contribution in [2.24, 2.45) is 0 Å². The number of allylic oxidation sites excluding steroid dienone is 2. The summed E-state index contributed by atoms with van der Waals surface area (Å²) in [6.07, 6.45) is 1.91. The van der Waals surface area contributed by atoms with Gasteiger partial charge in [-0.25, -0.2) is 0 Å². The lowest BCUT2D eigenvalue weighted by Crippen LogP contribution is -1.62. The largest absolute Gasteiger partial charge is 0.0988 e. The number of rotatable bonds is 1. The van der Waals surface area contributed by atoms with Crippen LogP contribution in [0.1, 0.15) is 18.1 Å². The molecule has 0 saturated carbocycles. The molecule has 1 aliphatic carbocycles. The molecule has 2 rings (SSSR count). The van der Waals surface area contributed by atoms with Crippen LogP contribution in [0, 0.1) is 0 Å². The van der Waals surface area contributed by atoms with E-state index >= 15 is 0 Å². The summed E-state index contributed by atoms with van der Waals surface area (Å²) < 4.78 is 0. The van der Waals surface area contributed by atoms with Crippen molar-refractivity contribution < 1.29 is 0 Å². The second kappa shape index (κ2) is 2.09. The topological polar surface area (TPSA) is 0 Å². The van der Waals surface area contributed by atoms with Gasteiger partial charge in [0, 0.05) is 0 Å². The molecule has 0 saturated heterocycles. The number of hydrogen-bond donors (Lipinski definition) is 0. The lowest BCUT2D eigenvalue weighted by atomic mass is 10.2. The standard InChI is InChI=1S/C11H10/c1-3-8(2)11-9-6-4-5-7-10(9)11/h3-7H,1H2,2H3. The van der Waals surface area contributed by atoms with Gasteiger partial charge in [-0.2, -0.15) is 0 Å². The van der Waals surface area contributed by atoms with Gasteiger partial charge in [-0.1, -0.05) is 36.9 Å². The van der Waals surface area contributed by atoms with E-state index in [1.165, 1.54) is 22.3 Å². The number of fused-ring (bicyclic) bond motifs is 1. The lowest BCUT2D eigenvalue weighted by Gasteiger charge is -1.83. The van der Waals surface area contributed by atoms with Gasteiger partial charge in [0.2, 0.25) is 0 Å². The molecule has 0 atom stereocenters. The van der Waals surface area contributed by atoms with E-state index < -0.39 is 0 Å². The SMILES string of the molecule is C=CC(C)=C1c2ccccc21. The van der Waals surface area contributed by atoms with Gasteiger partial charge in [-0.15, -0.1) is 0 Å². The van der Waals surface area contributed by atoms with Gasteiger partial charge < -0.3 is 0 Å². The minimum absolute atomic E-state index is 1.28. The molecule has 0 aromatic heterocycles. The highest BCUT2D eigenvalue weighted by Crippen LogP contribution is 2.44. The Morgan fingerprint density at radius 1 is 1.27 bits per heavy atom. The van der Waals surface area contributed by atoms with Gasteiger partial charge >= 0.3 is 0 Å². The smallest absolute Gasteiger partial charge is 0.00699 e. The van der Waals surface area contributed by atoms with Crippen LogP contribution < -0.4 is 0 Å². The summed E-state index contributed by atoms with van der Waals surface area (Å²) in [6, 6.07) is 8.44. The molecule has 0 N–H and O–H groups in total. The van der Waals surface area contributed by atoms with Crippen molar-refractivity contribution in [3.8, 4) is 0 Å². The van der Waals surface area contributed by atoms with Crippen molar-refractivity contribution in [3.63, 3.8) is 0 Å². The molecule has 0 unspecified atom stereocenters. The molecule has 0 bridgehead atoms. The van der Waals surface area contributed by atoms with E-state index in [2.05, 4.69) is 37.8 Å². The molecule has 0 fully saturated rings. The van der Waals surface area contributed by atoms with Crippen LogP contribution in [-0.4, -0.2) is 0 Å². The van der Waals surface area contributed by atoms with E-state index in [0.717, 1.165) is 0 Å². The highest BCUT2D eigenvalue weighted by Gasteiger charge is 2.24. The maximum atomic E-state index is 3.75. The predicted molar refractivity (Wildman–Crippen MR) is 48.3 cm³/mol. The van der Waals surface area contributed by atoms with Crippen molar-refractivity contribution in [2.75, 3.05) is 0 Å². The van der Waals surface area contributed by atoms with Crippen molar-refractivity contribution in [3.05, 3.63) is 53.6 Å². The molecule has 0 nitrogen and oxygen atoms in total. The van der Waals surface area contributed by atoms with Crippen LogP contribution in [0.15, 0.2) is 42.5 Å². The molecular formula is C11H10. The Balaban J connectivity index is 2.52. The van der Waals surface area contributed by atoms with Crippen molar-refractivity contribution in [2.45, 2.75) is 6.92 Å². The third kappa shape index (κ3) is 0.829. The average Bonchev–Trinajstić information content (AvgIpc) is 2.77. The summed E-state index contributed by atoms with van der Waals surface area (Å²) in [6.45, 7) is 5.85. The summed E-state index contributed by atoms with van der Waals surface area (Å²) in [5, 5.41) is 0. The Kier molecular flexibility index (Phi) is 1.22. The van der Waals surface area contributed by atoms with Gasteiger partial charge in [0.25, 0.3) is 0 Å². The second-order valence-electron chi connectivity index (χ2n) is 2.81. The Bertz CT molecular complexity index is 318. The van der Waals surface area contributed by atoms with E-state index in [9.17, 15) is 0 Å². The first-order valence-electron chi connectivity index (χ1n) is 3.77. The maximum Gasteiger partial charge on any atom is -0.00699 e. The van der Waals surface area contributed by atoms with Crippen LogP contribution in [-0.2, 0) is 0 Å². The monoisotopic (exact) mass is 142 g/mol. The van der Waals surface area contributed by atoms with Gasteiger partial charge in [0.1, 0.15) is 0 Å².